The van der Waals surface area contributed by atoms with Crippen molar-refractivity contribution in [3.05, 3.63) is 41.8 Å². The van der Waals surface area contributed by atoms with Gasteiger partial charge < -0.3 is 15.2 Å². The Kier molecular flexibility index (Phi) is 2.64. The zero-order chi connectivity index (χ0) is 12.5. The minimum absolute atomic E-state index is 0.571. The highest BCUT2D eigenvalue weighted by atomic mass is 16.5. The SMILES string of the molecule is Cc1[nH]c2ccccc2c1-c1cc(CCN)on1. The van der Waals surface area contributed by atoms with Crippen LogP contribution in [0.1, 0.15) is 11.5 Å². The van der Waals surface area contributed by atoms with Crippen molar-refractivity contribution in [2.24, 2.45) is 5.73 Å². The molecule has 0 fully saturated rings. The lowest BCUT2D eigenvalue weighted by molar-refractivity contribution is 0.386. The molecule has 1 aromatic carbocycles. The van der Waals surface area contributed by atoms with Gasteiger partial charge in [-0.2, -0.15) is 0 Å². The number of para-hydroxylation sites is 1. The summed E-state index contributed by atoms with van der Waals surface area (Å²) < 4.78 is 5.29. The Hall–Kier alpha value is -2.07. The maximum atomic E-state index is 5.51. The lowest BCUT2D eigenvalue weighted by Crippen LogP contribution is -2.01. The van der Waals surface area contributed by atoms with Gasteiger partial charge in [-0.05, 0) is 19.5 Å². The zero-order valence-electron chi connectivity index (χ0n) is 10.2. The summed E-state index contributed by atoms with van der Waals surface area (Å²) in [5.74, 6) is 0.831. The van der Waals surface area contributed by atoms with E-state index in [-0.39, 0.29) is 0 Å². The Balaban J connectivity index is 2.15. The molecule has 3 aromatic rings. The second-order valence-electron chi connectivity index (χ2n) is 4.39. The van der Waals surface area contributed by atoms with E-state index in [2.05, 4.69) is 22.3 Å². The number of aromatic amines is 1. The number of H-pyrrole nitrogens is 1. The quantitative estimate of drug-likeness (QED) is 0.740. The number of benzene rings is 1. The fraction of sp³-hybridized carbons (Fsp3) is 0.214. The van der Waals surface area contributed by atoms with Crippen LogP contribution in [0.4, 0.5) is 0 Å². The van der Waals surface area contributed by atoms with E-state index in [1.807, 2.05) is 25.1 Å². The number of hydrogen-bond donors (Lipinski definition) is 2. The third-order valence-corrected chi connectivity index (χ3v) is 3.10. The van der Waals surface area contributed by atoms with Gasteiger partial charge in [-0.1, -0.05) is 23.4 Å². The highest BCUT2D eigenvalue weighted by Gasteiger charge is 2.14. The Morgan fingerprint density at radius 3 is 3.00 bits per heavy atom. The van der Waals surface area contributed by atoms with Crippen molar-refractivity contribution in [2.45, 2.75) is 13.3 Å². The molecule has 3 rings (SSSR count). The fourth-order valence-corrected chi connectivity index (χ4v) is 2.30. The lowest BCUT2D eigenvalue weighted by atomic mass is 10.1. The predicted molar refractivity (Wildman–Crippen MR) is 71.3 cm³/mol. The minimum Gasteiger partial charge on any atom is -0.361 e. The van der Waals surface area contributed by atoms with Crippen molar-refractivity contribution in [3.8, 4) is 11.3 Å². The second kappa shape index (κ2) is 4.31. The van der Waals surface area contributed by atoms with E-state index >= 15 is 0 Å². The summed E-state index contributed by atoms with van der Waals surface area (Å²) in [4.78, 5) is 3.36. The molecule has 0 saturated carbocycles. The molecule has 4 heteroatoms. The Bertz CT molecular complexity index is 681. The van der Waals surface area contributed by atoms with Crippen LogP contribution in [0.2, 0.25) is 0 Å². The van der Waals surface area contributed by atoms with E-state index in [1.165, 1.54) is 5.39 Å². The number of nitrogens with zero attached hydrogens (tertiary/aromatic N) is 1. The van der Waals surface area contributed by atoms with Crippen LogP contribution in [0.25, 0.3) is 22.2 Å². The van der Waals surface area contributed by atoms with Crippen LogP contribution in [-0.2, 0) is 6.42 Å². The molecular formula is C14H15N3O. The molecule has 0 aliphatic carbocycles. The van der Waals surface area contributed by atoms with Gasteiger partial charge >= 0.3 is 0 Å². The number of aromatic nitrogens is 2. The predicted octanol–water partition coefficient (Wildman–Crippen LogP) is 2.63. The van der Waals surface area contributed by atoms with Gasteiger partial charge in [0.1, 0.15) is 11.5 Å². The molecule has 0 aliphatic rings. The maximum Gasteiger partial charge on any atom is 0.138 e. The normalized spacial score (nSPS) is 11.2. The maximum absolute atomic E-state index is 5.51. The standard InChI is InChI=1S/C14H15N3O/c1-9-14(11-4-2-3-5-12(11)16-9)13-8-10(6-7-15)18-17-13/h2-5,8,16H,6-7,15H2,1H3. The van der Waals surface area contributed by atoms with Gasteiger partial charge in [0.05, 0.1) is 0 Å². The first kappa shape index (κ1) is 11.0. The molecule has 0 spiro atoms. The highest BCUT2D eigenvalue weighted by Crippen LogP contribution is 2.31. The van der Waals surface area contributed by atoms with Gasteiger partial charge in [0.25, 0.3) is 0 Å². The molecule has 0 bridgehead atoms. The third-order valence-electron chi connectivity index (χ3n) is 3.10. The van der Waals surface area contributed by atoms with Crippen LogP contribution in [0.5, 0.6) is 0 Å². The first-order valence-electron chi connectivity index (χ1n) is 6.03. The van der Waals surface area contributed by atoms with E-state index in [0.717, 1.165) is 28.2 Å². The summed E-state index contributed by atoms with van der Waals surface area (Å²) in [6.07, 6.45) is 0.717. The summed E-state index contributed by atoms with van der Waals surface area (Å²) in [5, 5.41) is 5.31. The average Bonchev–Trinajstić information content (AvgIpc) is 2.92. The van der Waals surface area contributed by atoms with Crippen LogP contribution in [0.15, 0.2) is 34.9 Å². The molecule has 0 unspecified atom stereocenters. The largest absolute Gasteiger partial charge is 0.361 e. The summed E-state index contributed by atoms with van der Waals surface area (Å²) in [7, 11) is 0. The van der Waals surface area contributed by atoms with Gasteiger partial charge in [-0.25, -0.2) is 0 Å². The van der Waals surface area contributed by atoms with Gasteiger partial charge in [-0.3, -0.25) is 0 Å². The van der Waals surface area contributed by atoms with Crippen LogP contribution >= 0.6 is 0 Å². The van der Waals surface area contributed by atoms with Gasteiger partial charge in [0.2, 0.25) is 0 Å². The third kappa shape index (κ3) is 1.71. The summed E-state index contributed by atoms with van der Waals surface area (Å²) >= 11 is 0. The minimum atomic E-state index is 0.571. The molecule has 0 atom stereocenters. The molecule has 18 heavy (non-hydrogen) atoms. The van der Waals surface area contributed by atoms with Gasteiger partial charge in [-0.15, -0.1) is 0 Å². The lowest BCUT2D eigenvalue weighted by Gasteiger charge is -1.94. The van der Waals surface area contributed by atoms with Crippen molar-refractivity contribution < 1.29 is 4.52 Å². The summed E-state index contributed by atoms with van der Waals surface area (Å²) in [5.41, 5.74) is 9.71. The van der Waals surface area contributed by atoms with Crippen LogP contribution in [-0.4, -0.2) is 16.7 Å². The number of aryl methyl sites for hydroxylation is 1. The number of nitrogens with one attached hydrogen (secondary N) is 1. The fourth-order valence-electron chi connectivity index (χ4n) is 2.30. The van der Waals surface area contributed by atoms with Crippen LogP contribution in [0.3, 0.4) is 0 Å². The topological polar surface area (TPSA) is 67.8 Å². The van der Waals surface area contributed by atoms with Crippen molar-refractivity contribution in [3.63, 3.8) is 0 Å². The highest BCUT2D eigenvalue weighted by molar-refractivity contribution is 5.96. The molecule has 4 nitrogen and oxygen atoms in total. The van der Waals surface area contributed by atoms with Crippen molar-refractivity contribution in [1.29, 1.82) is 0 Å². The average molecular weight is 241 g/mol. The van der Waals surface area contributed by atoms with Gasteiger partial charge in [0, 0.05) is 34.6 Å². The molecule has 2 heterocycles. The van der Waals surface area contributed by atoms with Crippen LogP contribution in [0, 0.1) is 6.92 Å². The molecule has 0 radical (unpaired) electrons. The van der Waals surface area contributed by atoms with E-state index < -0.39 is 0 Å². The van der Waals surface area contributed by atoms with E-state index in [0.29, 0.717) is 13.0 Å². The number of rotatable bonds is 3. The summed E-state index contributed by atoms with van der Waals surface area (Å²) in [6, 6.07) is 10.2. The number of fused-ring (bicyclic) bond motifs is 1. The molecule has 0 amide bonds. The molecule has 0 aliphatic heterocycles. The van der Waals surface area contributed by atoms with Crippen molar-refractivity contribution >= 4 is 10.9 Å². The molecule has 92 valence electrons. The van der Waals surface area contributed by atoms with Crippen LogP contribution < -0.4 is 5.73 Å². The van der Waals surface area contributed by atoms with E-state index in [9.17, 15) is 0 Å². The molecule has 0 saturated heterocycles. The Morgan fingerprint density at radius 2 is 2.17 bits per heavy atom. The van der Waals surface area contributed by atoms with Crippen molar-refractivity contribution in [1.82, 2.24) is 10.1 Å². The van der Waals surface area contributed by atoms with E-state index in [1.54, 1.807) is 0 Å². The van der Waals surface area contributed by atoms with Crippen molar-refractivity contribution in [2.75, 3.05) is 6.54 Å². The monoisotopic (exact) mass is 241 g/mol. The first-order chi connectivity index (χ1) is 8.79. The number of nitrogens with two attached hydrogens (primary N) is 1. The van der Waals surface area contributed by atoms with Gasteiger partial charge in [0.15, 0.2) is 0 Å². The second-order valence-corrected chi connectivity index (χ2v) is 4.39. The zero-order valence-corrected chi connectivity index (χ0v) is 10.2. The first-order valence-corrected chi connectivity index (χ1v) is 6.03. The Morgan fingerprint density at radius 1 is 1.33 bits per heavy atom. The van der Waals surface area contributed by atoms with E-state index in [4.69, 9.17) is 10.3 Å². The summed E-state index contributed by atoms with van der Waals surface area (Å²) in [6.45, 7) is 2.62. The molecule has 2 aromatic heterocycles. The number of hydrogen-bond acceptors (Lipinski definition) is 3. The molecule has 3 N–H and O–H groups in total. The Labute approximate surface area is 105 Å². The smallest absolute Gasteiger partial charge is 0.138 e. The molecular weight excluding hydrogens is 226 g/mol.